The summed E-state index contributed by atoms with van der Waals surface area (Å²) in [6.45, 7) is 10.6. The van der Waals surface area contributed by atoms with E-state index in [1.54, 1.807) is 12.1 Å². The molecule has 0 radical (unpaired) electrons. The molecule has 0 aliphatic carbocycles. The Morgan fingerprint density at radius 2 is 1.88 bits per heavy atom. The maximum Gasteiger partial charge on any atom is 0.232 e. The molecule has 0 spiro atoms. The summed E-state index contributed by atoms with van der Waals surface area (Å²) in [4.78, 5) is 12.7. The fourth-order valence-corrected chi connectivity index (χ4v) is 2.75. The van der Waals surface area contributed by atoms with E-state index in [0.29, 0.717) is 36.0 Å². The highest BCUT2D eigenvalue weighted by atomic mass is 16.5. The van der Waals surface area contributed by atoms with Gasteiger partial charge in [0, 0.05) is 6.07 Å². The summed E-state index contributed by atoms with van der Waals surface area (Å²) in [5.41, 5.74) is 3.22. The number of hydrogen-bond donors (Lipinski definition) is 0. The molecule has 2 aromatic rings. The van der Waals surface area contributed by atoms with Crippen molar-refractivity contribution in [2.24, 2.45) is 0 Å². The third-order valence-corrected chi connectivity index (χ3v) is 3.92. The van der Waals surface area contributed by atoms with Crippen LogP contribution < -0.4 is 14.2 Å². The van der Waals surface area contributed by atoms with Gasteiger partial charge in [0.25, 0.3) is 0 Å². The number of carbonyl (C=O) groups excluding carboxylic acids is 1. The fourth-order valence-electron chi connectivity index (χ4n) is 2.75. The molecule has 0 atom stereocenters. The average Bonchev–Trinajstić information content (AvgIpc) is 2.91. The topological polar surface area (TPSA) is 44.8 Å². The second-order valence-electron chi connectivity index (χ2n) is 6.30. The molecular formula is C22H22O4. The minimum Gasteiger partial charge on any atom is -0.494 e. The van der Waals surface area contributed by atoms with Crippen LogP contribution in [-0.4, -0.2) is 19.0 Å². The summed E-state index contributed by atoms with van der Waals surface area (Å²) in [5, 5.41) is 0. The van der Waals surface area contributed by atoms with E-state index in [9.17, 15) is 4.79 Å². The summed E-state index contributed by atoms with van der Waals surface area (Å²) in [6, 6.07) is 11.1. The van der Waals surface area contributed by atoms with E-state index >= 15 is 0 Å². The van der Waals surface area contributed by atoms with Crippen LogP contribution in [0.3, 0.4) is 0 Å². The normalized spacial score (nSPS) is 14.1. The molecule has 1 aliphatic heterocycles. The van der Waals surface area contributed by atoms with Gasteiger partial charge < -0.3 is 14.2 Å². The lowest BCUT2D eigenvalue weighted by Gasteiger charge is -2.08. The van der Waals surface area contributed by atoms with E-state index in [4.69, 9.17) is 14.2 Å². The van der Waals surface area contributed by atoms with Gasteiger partial charge in [-0.05, 0) is 61.7 Å². The van der Waals surface area contributed by atoms with Gasteiger partial charge in [0.1, 0.15) is 23.9 Å². The Labute approximate surface area is 153 Å². The highest BCUT2D eigenvalue weighted by Gasteiger charge is 2.30. The molecule has 4 nitrogen and oxygen atoms in total. The number of Topliss-reactive ketones (excluding diaryl/α,β-unsaturated/α-hetero) is 1. The van der Waals surface area contributed by atoms with Crippen LogP contribution in [0.25, 0.3) is 6.08 Å². The highest BCUT2D eigenvalue weighted by Crippen LogP contribution is 2.37. The Kier molecular flexibility index (Phi) is 5.12. The molecule has 26 heavy (non-hydrogen) atoms. The van der Waals surface area contributed by atoms with Gasteiger partial charge in [0.05, 0.1) is 12.2 Å². The molecule has 4 heteroatoms. The van der Waals surface area contributed by atoms with Crippen LogP contribution in [0, 0.1) is 6.92 Å². The standard InChI is InChI=1S/C22H22O4/c1-5-24-17-8-6-16(7-9-17)11-20-22(23)21-15(4)10-18(12-19(21)26-20)25-13-14(2)3/h6-12H,2,5,13H2,1,3-4H3/b20-11-. The zero-order chi connectivity index (χ0) is 18.7. The minimum atomic E-state index is -0.113. The highest BCUT2D eigenvalue weighted by molar-refractivity contribution is 6.15. The Balaban J connectivity index is 1.84. The molecule has 0 aromatic heterocycles. The molecule has 2 aromatic carbocycles. The number of carbonyl (C=O) groups is 1. The van der Waals surface area contributed by atoms with Gasteiger partial charge in [0.15, 0.2) is 5.76 Å². The first-order valence-corrected chi connectivity index (χ1v) is 8.57. The molecule has 0 saturated carbocycles. The van der Waals surface area contributed by atoms with Gasteiger partial charge in [-0.1, -0.05) is 18.7 Å². The van der Waals surface area contributed by atoms with E-state index in [0.717, 1.165) is 22.4 Å². The first-order valence-electron chi connectivity index (χ1n) is 8.57. The van der Waals surface area contributed by atoms with Gasteiger partial charge in [-0.25, -0.2) is 0 Å². The molecule has 134 valence electrons. The Bertz CT molecular complexity index is 876. The van der Waals surface area contributed by atoms with Crippen molar-refractivity contribution in [2.45, 2.75) is 20.8 Å². The number of rotatable bonds is 6. The number of benzene rings is 2. The minimum absolute atomic E-state index is 0.113. The second-order valence-corrected chi connectivity index (χ2v) is 6.30. The van der Waals surface area contributed by atoms with Gasteiger partial charge >= 0.3 is 0 Å². The molecule has 1 aliphatic rings. The number of allylic oxidation sites excluding steroid dienone is 1. The number of ether oxygens (including phenoxy) is 3. The molecule has 1 heterocycles. The summed E-state index contributed by atoms with van der Waals surface area (Å²) in [6.07, 6.45) is 1.74. The van der Waals surface area contributed by atoms with Crippen LogP contribution in [0.15, 0.2) is 54.3 Å². The summed E-state index contributed by atoms with van der Waals surface area (Å²) in [7, 11) is 0. The molecule has 0 N–H and O–H groups in total. The Morgan fingerprint density at radius 3 is 2.54 bits per heavy atom. The predicted octanol–water partition coefficient (Wildman–Crippen LogP) is 4.96. The first-order chi connectivity index (χ1) is 12.5. The first kappa shape index (κ1) is 17.8. The lowest BCUT2D eigenvalue weighted by molar-refractivity contribution is 0.101. The van der Waals surface area contributed by atoms with Crippen LogP contribution in [0.1, 0.15) is 35.3 Å². The van der Waals surface area contributed by atoms with Gasteiger partial charge in [0.2, 0.25) is 5.78 Å². The maximum atomic E-state index is 12.7. The smallest absolute Gasteiger partial charge is 0.232 e. The van der Waals surface area contributed by atoms with Crippen LogP contribution >= 0.6 is 0 Å². The lowest BCUT2D eigenvalue weighted by atomic mass is 10.0. The van der Waals surface area contributed by atoms with E-state index in [2.05, 4.69) is 6.58 Å². The summed E-state index contributed by atoms with van der Waals surface area (Å²) >= 11 is 0. The zero-order valence-electron chi connectivity index (χ0n) is 15.3. The van der Waals surface area contributed by atoms with E-state index in [1.165, 1.54) is 0 Å². The van der Waals surface area contributed by atoms with Crippen molar-refractivity contribution in [1.29, 1.82) is 0 Å². The maximum absolute atomic E-state index is 12.7. The van der Waals surface area contributed by atoms with Crippen LogP contribution in [0.2, 0.25) is 0 Å². The van der Waals surface area contributed by atoms with E-state index < -0.39 is 0 Å². The van der Waals surface area contributed by atoms with Gasteiger partial charge in [-0.3, -0.25) is 4.79 Å². The predicted molar refractivity (Wildman–Crippen MR) is 102 cm³/mol. The van der Waals surface area contributed by atoms with Crippen LogP contribution in [-0.2, 0) is 0 Å². The number of fused-ring (bicyclic) bond motifs is 1. The third kappa shape index (κ3) is 3.80. The van der Waals surface area contributed by atoms with Crippen molar-refractivity contribution in [3.05, 3.63) is 71.0 Å². The molecule has 0 amide bonds. The largest absolute Gasteiger partial charge is 0.494 e. The second kappa shape index (κ2) is 7.48. The molecule has 0 bridgehead atoms. The van der Waals surface area contributed by atoms with Gasteiger partial charge in [-0.2, -0.15) is 0 Å². The van der Waals surface area contributed by atoms with Crippen LogP contribution in [0.5, 0.6) is 17.2 Å². The number of ketones is 1. The Morgan fingerprint density at radius 1 is 1.15 bits per heavy atom. The van der Waals surface area contributed by atoms with Crippen molar-refractivity contribution >= 4 is 11.9 Å². The zero-order valence-corrected chi connectivity index (χ0v) is 15.3. The fraction of sp³-hybridized carbons (Fsp3) is 0.227. The number of aryl methyl sites for hydroxylation is 1. The van der Waals surface area contributed by atoms with Crippen molar-refractivity contribution in [1.82, 2.24) is 0 Å². The quantitative estimate of drug-likeness (QED) is 0.545. The van der Waals surface area contributed by atoms with E-state index in [1.807, 2.05) is 51.1 Å². The molecule has 0 saturated heterocycles. The van der Waals surface area contributed by atoms with Crippen molar-refractivity contribution in [2.75, 3.05) is 13.2 Å². The average molecular weight is 350 g/mol. The van der Waals surface area contributed by atoms with Crippen molar-refractivity contribution in [3.63, 3.8) is 0 Å². The van der Waals surface area contributed by atoms with E-state index in [-0.39, 0.29) is 5.78 Å². The van der Waals surface area contributed by atoms with Crippen LogP contribution in [0.4, 0.5) is 0 Å². The molecule has 0 unspecified atom stereocenters. The lowest BCUT2D eigenvalue weighted by Crippen LogP contribution is -2.00. The van der Waals surface area contributed by atoms with Gasteiger partial charge in [-0.15, -0.1) is 0 Å². The number of hydrogen-bond acceptors (Lipinski definition) is 4. The molecular weight excluding hydrogens is 328 g/mol. The molecule has 3 rings (SSSR count). The third-order valence-electron chi connectivity index (χ3n) is 3.92. The van der Waals surface area contributed by atoms with Crippen molar-refractivity contribution < 1.29 is 19.0 Å². The summed E-state index contributed by atoms with van der Waals surface area (Å²) < 4.78 is 16.9. The monoisotopic (exact) mass is 350 g/mol. The Hall–Kier alpha value is -3.01. The molecule has 0 fully saturated rings. The summed E-state index contributed by atoms with van der Waals surface area (Å²) in [5.74, 6) is 2.19. The SMILES string of the molecule is C=C(C)COc1cc(C)c2c(c1)O/C(=C\c1ccc(OCC)cc1)C2=O. The van der Waals surface area contributed by atoms with Crippen molar-refractivity contribution in [3.8, 4) is 17.2 Å².